The van der Waals surface area contributed by atoms with E-state index in [1.807, 2.05) is 32.9 Å². The summed E-state index contributed by atoms with van der Waals surface area (Å²) in [6, 6.07) is 19.7. The van der Waals surface area contributed by atoms with Crippen LogP contribution >= 0.6 is 11.6 Å². The van der Waals surface area contributed by atoms with Crippen molar-refractivity contribution in [3.05, 3.63) is 94.5 Å². The van der Waals surface area contributed by atoms with E-state index in [2.05, 4.69) is 19.2 Å². The van der Waals surface area contributed by atoms with Gasteiger partial charge in [-0.1, -0.05) is 67.4 Å². The van der Waals surface area contributed by atoms with Gasteiger partial charge in [-0.25, -0.2) is 8.42 Å². The summed E-state index contributed by atoms with van der Waals surface area (Å²) in [6.07, 6.45) is 0. The molecule has 1 N–H and O–H groups in total. The molecule has 3 aromatic rings. The smallest absolute Gasteiger partial charge is 0.264 e. The summed E-state index contributed by atoms with van der Waals surface area (Å²) in [5.41, 5.74) is 3.09. The van der Waals surface area contributed by atoms with Crippen LogP contribution in [0.4, 0.5) is 5.69 Å². The molecule has 0 aliphatic rings. The van der Waals surface area contributed by atoms with Crippen LogP contribution in [-0.2, 0) is 26.2 Å². The molecule has 7 nitrogen and oxygen atoms in total. The molecule has 0 radical (unpaired) electrons. The normalized spacial score (nSPS) is 12.3. The van der Waals surface area contributed by atoms with Crippen molar-refractivity contribution in [1.29, 1.82) is 0 Å². The van der Waals surface area contributed by atoms with E-state index < -0.39 is 28.5 Å². The zero-order valence-electron chi connectivity index (χ0n) is 23.9. The van der Waals surface area contributed by atoms with Gasteiger partial charge in [0.1, 0.15) is 12.6 Å². The summed E-state index contributed by atoms with van der Waals surface area (Å²) in [6.45, 7) is 10.9. The Morgan fingerprint density at radius 2 is 1.43 bits per heavy atom. The van der Waals surface area contributed by atoms with Crippen molar-refractivity contribution in [3.8, 4) is 0 Å². The van der Waals surface area contributed by atoms with Gasteiger partial charge in [-0.2, -0.15) is 0 Å². The largest absolute Gasteiger partial charge is 0.352 e. The molecule has 9 heteroatoms. The topological polar surface area (TPSA) is 86.8 Å². The van der Waals surface area contributed by atoms with Crippen molar-refractivity contribution in [1.82, 2.24) is 10.2 Å². The molecule has 1 unspecified atom stereocenters. The summed E-state index contributed by atoms with van der Waals surface area (Å²) < 4.78 is 29.0. The van der Waals surface area contributed by atoms with Crippen LogP contribution in [-0.4, -0.2) is 43.8 Å². The highest BCUT2D eigenvalue weighted by Crippen LogP contribution is 2.27. The van der Waals surface area contributed by atoms with Crippen LogP contribution in [0.5, 0.6) is 0 Å². The predicted octanol–water partition coefficient (Wildman–Crippen LogP) is 5.91. The number of nitrogens with one attached hydrogen (secondary N) is 1. The highest BCUT2D eigenvalue weighted by atomic mass is 35.5. The van der Waals surface area contributed by atoms with E-state index in [9.17, 15) is 18.0 Å². The third-order valence-electron chi connectivity index (χ3n) is 6.60. The highest BCUT2D eigenvalue weighted by Gasteiger charge is 2.32. The van der Waals surface area contributed by atoms with Gasteiger partial charge in [-0.15, -0.1) is 0 Å². The molecule has 3 aromatic carbocycles. The maximum Gasteiger partial charge on any atom is 0.264 e. The Kier molecular flexibility index (Phi) is 10.4. The van der Waals surface area contributed by atoms with E-state index in [0.29, 0.717) is 10.7 Å². The lowest BCUT2D eigenvalue weighted by Gasteiger charge is -2.32. The fourth-order valence-corrected chi connectivity index (χ4v) is 5.71. The van der Waals surface area contributed by atoms with Crippen LogP contribution in [0.25, 0.3) is 0 Å². The Morgan fingerprint density at radius 3 is 1.95 bits per heavy atom. The van der Waals surface area contributed by atoms with E-state index in [4.69, 9.17) is 11.6 Å². The number of rotatable bonds is 11. The van der Waals surface area contributed by atoms with Gasteiger partial charge in [0.05, 0.1) is 10.6 Å². The van der Waals surface area contributed by atoms with Crippen molar-refractivity contribution in [2.45, 2.75) is 71.0 Å². The molecule has 0 heterocycles. The first-order valence-electron chi connectivity index (χ1n) is 13.3. The molecule has 0 aliphatic heterocycles. The molecule has 2 amide bonds. The van der Waals surface area contributed by atoms with Gasteiger partial charge in [0.25, 0.3) is 10.0 Å². The van der Waals surface area contributed by atoms with E-state index in [1.54, 1.807) is 55.5 Å². The van der Waals surface area contributed by atoms with E-state index in [0.717, 1.165) is 21.0 Å². The Bertz CT molecular complexity index is 1400. The van der Waals surface area contributed by atoms with Gasteiger partial charge in [0.2, 0.25) is 11.8 Å². The molecule has 0 saturated heterocycles. The van der Waals surface area contributed by atoms with E-state index in [1.165, 1.54) is 17.0 Å². The summed E-state index contributed by atoms with van der Waals surface area (Å²) in [5.74, 6) is -0.579. The number of aryl methyl sites for hydroxylation is 1. The molecule has 0 aliphatic carbocycles. The molecule has 40 heavy (non-hydrogen) atoms. The fourth-order valence-electron chi connectivity index (χ4n) is 4.17. The summed E-state index contributed by atoms with van der Waals surface area (Å²) in [5, 5.41) is 3.40. The monoisotopic (exact) mass is 583 g/mol. The van der Waals surface area contributed by atoms with Crippen molar-refractivity contribution in [2.75, 3.05) is 10.8 Å². The number of carbonyl (C=O) groups is 2. The average Bonchev–Trinajstić information content (AvgIpc) is 2.90. The maximum absolute atomic E-state index is 14.0. The minimum absolute atomic E-state index is 0.0775. The molecule has 0 spiro atoms. The van der Waals surface area contributed by atoms with Gasteiger partial charge >= 0.3 is 0 Å². The number of hydrogen-bond donors (Lipinski definition) is 1. The third-order valence-corrected chi connectivity index (χ3v) is 8.64. The van der Waals surface area contributed by atoms with Crippen LogP contribution in [0.2, 0.25) is 5.02 Å². The third kappa shape index (κ3) is 7.86. The lowest BCUT2D eigenvalue weighted by atomic mass is 10.0. The standard InChI is InChI=1S/C31H38ClN3O4S/c1-21(2)26-11-15-28(16-12-26)35(40(38,39)29-17-7-23(5)8-18-29)20-30(36)34(24(6)31(37)33-22(3)4)19-25-9-13-27(32)14-10-25/h7-18,21-22,24H,19-20H2,1-6H3,(H,33,37). The van der Waals surface area contributed by atoms with E-state index >= 15 is 0 Å². The molecule has 0 aromatic heterocycles. The maximum atomic E-state index is 14.0. The number of carbonyl (C=O) groups excluding carboxylic acids is 2. The summed E-state index contributed by atoms with van der Waals surface area (Å²) >= 11 is 6.05. The Labute approximate surface area is 243 Å². The zero-order chi connectivity index (χ0) is 29.6. The van der Waals surface area contributed by atoms with Crippen LogP contribution in [0.3, 0.4) is 0 Å². The first-order chi connectivity index (χ1) is 18.8. The van der Waals surface area contributed by atoms with Gasteiger partial charge in [-0.3, -0.25) is 13.9 Å². The second kappa shape index (κ2) is 13.3. The van der Waals surface area contributed by atoms with Crippen LogP contribution < -0.4 is 9.62 Å². The van der Waals surface area contributed by atoms with Crippen molar-refractivity contribution in [2.24, 2.45) is 0 Å². The van der Waals surface area contributed by atoms with Crippen LogP contribution in [0.15, 0.2) is 77.7 Å². The van der Waals surface area contributed by atoms with Gasteiger partial charge < -0.3 is 10.2 Å². The van der Waals surface area contributed by atoms with Crippen LogP contribution in [0, 0.1) is 6.92 Å². The van der Waals surface area contributed by atoms with Crippen molar-refractivity contribution < 1.29 is 18.0 Å². The van der Waals surface area contributed by atoms with E-state index in [-0.39, 0.29) is 29.3 Å². The van der Waals surface area contributed by atoms with Crippen molar-refractivity contribution in [3.63, 3.8) is 0 Å². The lowest BCUT2D eigenvalue weighted by Crippen LogP contribution is -2.52. The van der Waals surface area contributed by atoms with Crippen LogP contribution in [0.1, 0.15) is 57.2 Å². The molecule has 214 valence electrons. The van der Waals surface area contributed by atoms with Gasteiger partial charge in [0, 0.05) is 17.6 Å². The summed E-state index contributed by atoms with van der Waals surface area (Å²) in [7, 11) is -4.11. The summed E-state index contributed by atoms with van der Waals surface area (Å²) in [4.78, 5) is 28.4. The fraction of sp³-hybridized carbons (Fsp3) is 0.355. The number of sulfonamides is 1. The zero-order valence-corrected chi connectivity index (χ0v) is 25.5. The first-order valence-corrected chi connectivity index (χ1v) is 15.1. The Balaban J connectivity index is 2.04. The predicted molar refractivity (Wildman–Crippen MR) is 161 cm³/mol. The van der Waals surface area contributed by atoms with Crippen molar-refractivity contribution >= 4 is 39.1 Å². The number of benzene rings is 3. The molecular formula is C31H38ClN3O4S. The SMILES string of the molecule is Cc1ccc(S(=O)(=O)N(CC(=O)N(Cc2ccc(Cl)cc2)C(C)C(=O)NC(C)C)c2ccc(C(C)C)cc2)cc1. The van der Waals surface area contributed by atoms with Gasteiger partial charge in [-0.05, 0) is 81.1 Å². The molecule has 1 atom stereocenters. The Hall–Kier alpha value is -3.36. The molecule has 0 bridgehead atoms. The lowest BCUT2D eigenvalue weighted by molar-refractivity contribution is -0.139. The second-order valence-corrected chi connectivity index (χ2v) is 12.9. The minimum Gasteiger partial charge on any atom is -0.352 e. The number of halogens is 1. The number of amides is 2. The van der Waals surface area contributed by atoms with Gasteiger partial charge in [0.15, 0.2) is 0 Å². The molecule has 0 saturated carbocycles. The molecular weight excluding hydrogens is 546 g/mol. The number of anilines is 1. The second-order valence-electron chi connectivity index (χ2n) is 10.6. The number of nitrogens with zero attached hydrogens (tertiary/aromatic N) is 2. The minimum atomic E-state index is -4.11. The average molecular weight is 584 g/mol. The molecule has 3 rings (SSSR count). The number of hydrogen-bond acceptors (Lipinski definition) is 4. The Morgan fingerprint density at radius 1 is 0.850 bits per heavy atom. The molecule has 0 fully saturated rings. The first kappa shape index (κ1) is 31.2. The highest BCUT2D eigenvalue weighted by molar-refractivity contribution is 7.92. The quantitative estimate of drug-likeness (QED) is 0.304.